The van der Waals surface area contributed by atoms with E-state index in [2.05, 4.69) is 15.3 Å². The van der Waals surface area contributed by atoms with Crippen LogP contribution in [0.15, 0.2) is 48.8 Å². The average Bonchev–Trinajstić information content (AvgIpc) is 2.21. The summed E-state index contributed by atoms with van der Waals surface area (Å²) in [4.78, 5) is 7.99. The standard InChI is InChI=1S/C10H8N3/c1-2-5-9(6-3-1)13-10-11-7-4-8-12-10/h1-8H/q-1. The van der Waals surface area contributed by atoms with Gasteiger partial charge in [-0.25, -0.2) is 0 Å². The summed E-state index contributed by atoms with van der Waals surface area (Å²) in [6.07, 6.45) is 3.35. The molecule has 0 N–H and O–H groups in total. The first-order chi connectivity index (χ1) is 6.45. The van der Waals surface area contributed by atoms with Gasteiger partial charge in [0.1, 0.15) is 0 Å². The lowest BCUT2D eigenvalue weighted by molar-refractivity contribution is 1.19. The molecule has 2 rings (SSSR count). The number of nitrogens with zero attached hydrogens (tertiary/aromatic N) is 3. The second kappa shape index (κ2) is 3.67. The maximum absolute atomic E-state index is 4.22. The first kappa shape index (κ1) is 7.73. The molecular weight excluding hydrogens is 162 g/mol. The van der Waals surface area contributed by atoms with Crippen molar-refractivity contribution in [3.05, 3.63) is 54.1 Å². The third-order valence-corrected chi connectivity index (χ3v) is 1.54. The summed E-state index contributed by atoms with van der Waals surface area (Å²) in [6, 6.07) is 11.4. The molecule has 0 atom stereocenters. The largest absolute Gasteiger partial charge is 0.367 e. The number of hydrogen-bond acceptors (Lipinski definition) is 2. The molecule has 0 fully saturated rings. The highest BCUT2D eigenvalue weighted by molar-refractivity contribution is 5.58. The van der Waals surface area contributed by atoms with E-state index in [0.29, 0.717) is 5.95 Å². The van der Waals surface area contributed by atoms with Gasteiger partial charge in [0.25, 0.3) is 0 Å². The minimum atomic E-state index is 0.494. The van der Waals surface area contributed by atoms with E-state index in [1.54, 1.807) is 18.5 Å². The Bertz CT molecular complexity index is 321. The molecule has 0 aliphatic heterocycles. The van der Waals surface area contributed by atoms with Crippen molar-refractivity contribution in [3.63, 3.8) is 0 Å². The molecule has 0 radical (unpaired) electrons. The topological polar surface area (TPSA) is 39.9 Å². The van der Waals surface area contributed by atoms with Crippen LogP contribution >= 0.6 is 0 Å². The Morgan fingerprint density at radius 3 is 2.23 bits per heavy atom. The summed E-state index contributed by atoms with van der Waals surface area (Å²) in [7, 11) is 0. The molecule has 0 unspecified atom stereocenters. The van der Waals surface area contributed by atoms with Crippen molar-refractivity contribution in [2.45, 2.75) is 0 Å². The molecule has 0 spiro atoms. The van der Waals surface area contributed by atoms with E-state index in [-0.39, 0.29) is 0 Å². The normalized spacial score (nSPS) is 9.54. The Balaban J connectivity index is 2.16. The van der Waals surface area contributed by atoms with Gasteiger partial charge in [-0.3, -0.25) is 0 Å². The van der Waals surface area contributed by atoms with Gasteiger partial charge in [0.15, 0.2) is 0 Å². The number of benzene rings is 1. The fourth-order valence-electron chi connectivity index (χ4n) is 0.967. The van der Waals surface area contributed by atoms with Crippen molar-refractivity contribution >= 4 is 11.6 Å². The highest BCUT2D eigenvalue weighted by Gasteiger charge is 1.84. The van der Waals surface area contributed by atoms with Crippen LogP contribution in [-0.4, -0.2) is 9.97 Å². The van der Waals surface area contributed by atoms with E-state index in [9.17, 15) is 0 Å². The van der Waals surface area contributed by atoms with Gasteiger partial charge in [-0.05, 0) is 18.1 Å². The van der Waals surface area contributed by atoms with Crippen LogP contribution in [0.25, 0.3) is 5.32 Å². The molecule has 3 nitrogen and oxygen atoms in total. The van der Waals surface area contributed by atoms with Crippen LogP contribution in [0.5, 0.6) is 0 Å². The lowest BCUT2D eigenvalue weighted by Gasteiger charge is -2.10. The van der Waals surface area contributed by atoms with Crippen LogP contribution in [0.4, 0.5) is 11.6 Å². The van der Waals surface area contributed by atoms with Crippen LogP contribution in [0.2, 0.25) is 0 Å². The molecule has 13 heavy (non-hydrogen) atoms. The summed E-state index contributed by atoms with van der Waals surface area (Å²) in [6.45, 7) is 0. The maximum Gasteiger partial charge on any atom is 0.0278 e. The van der Waals surface area contributed by atoms with E-state index in [1.807, 2.05) is 30.3 Å². The fraction of sp³-hybridized carbons (Fsp3) is 0. The summed E-state index contributed by atoms with van der Waals surface area (Å²) < 4.78 is 0. The van der Waals surface area contributed by atoms with Gasteiger partial charge in [-0.2, -0.15) is 0 Å². The van der Waals surface area contributed by atoms with Gasteiger partial charge in [-0.1, -0.05) is 36.4 Å². The molecule has 0 amide bonds. The van der Waals surface area contributed by atoms with Crippen molar-refractivity contribution in [3.8, 4) is 0 Å². The Morgan fingerprint density at radius 1 is 0.846 bits per heavy atom. The molecule has 0 bridgehead atoms. The van der Waals surface area contributed by atoms with Crippen molar-refractivity contribution in [2.24, 2.45) is 0 Å². The average molecular weight is 170 g/mol. The molecule has 64 valence electrons. The number of hydrogen-bond donors (Lipinski definition) is 0. The minimum Gasteiger partial charge on any atom is -0.367 e. The number of para-hydroxylation sites is 1. The zero-order valence-corrected chi connectivity index (χ0v) is 6.96. The van der Waals surface area contributed by atoms with Gasteiger partial charge >= 0.3 is 0 Å². The monoisotopic (exact) mass is 170 g/mol. The third kappa shape index (κ3) is 2.02. The SMILES string of the molecule is c1ccc([N-]c2ncccn2)cc1. The Morgan fingerprint density at radius 2 is 1.54 bits per heavy atom. The van der Waals surface area contributed by atoms with Crippen LogP contribution in [-0.2, 0) is 0 Å². The van der Waals surface area contributed by atoms with Gasteiger partial charge in [-0.15, -0.1) is 0 Å². The predicted molar refractivity (Wildman–Crippen MR) is 51.2 cm³/mol. The van der Waals surface area contributed by atoms with Crippen molar-refractivity contribution in [2.75, 3.05) is 0 Å². The van der Waals surface area contributed by atoms with E-state index in [4.69, 9.17) is 0 Å². The van der Waals surface area contributed by atoms with Crippen LogP contribution < -0.4 is 0 Å². The van der Waals surface area contributed by atoms with Gasteiger partial charge in [0.05, 0.1) is 0 Å². The maximum atomic E-state index is 4.22. The zero-order valence-electron chi connectivity index (χ0n) is 6.96. The van der Waals surface area contributed by atoms with E-state index >= 15 is 0 Å². The predicted octanol–water partition coefficient (Wildman–Crippen LogP) is 2.81. The molecule has 1 aromatic heterocycles. The number of aromatic nitrogens is 2. The summed E-state index contributed by atoms with van der Waals surface area (Å²) in [5.74, 6) is 0.494. The van der Waals surface area contributed by atoms with Crippen LogP contribution in [0.1, 0.15) is 0 Å². The Hall–Kier alpha value is -1.90. The highest BCUT2D eigenvalue weighted by atomic mass is 15.1. The van der Waals surface area contributed by atoms with E-state index in [0.717, 1.165) is 5.69 Å². The van der Waals surface area contributed by atoms with Crippen molar-refractivity contribution < 1.29 is 0 Å². The quantitative estimate of drug-likeness (QED) is 0.695. The molecule has 1 heterocycles. The van der Waals surface area contributed by atoms with E-state index in [1.165, 1.54) is 0 Å². The van der Waals surface area contributed by atoms with E-state index < -0.39 is 0 Å². The van der Waals surface area contributed by atoms with Gasteiger partial charge in [0.2, 0.25) is 0 Å². The number of rotatable bonds is 2. The van der Waals surface area contributed by atoms with Crippen LogP contribution in [0, 0.1) is 0 Å². The second-order valence-electron chi connectivity index (χ2n) is 2.50. The Labute approximate surface area is 76.5 Å². The summed E-state index contributed by atoms with van der Waals surface area (Å²) in [5, 5.41) is 4.22. The molecule has 0 aliphatic rings. The van der Waals surface area contributed by atoms with Crippen molar-refractivity contribution in [1.82, 2.24) is 9.97 Å². The zero-order chi connectivity index (χ0) is 8.93. The summed E-state index contributed by atoms with van der Waals surface area (Å²) >= 11 is 0. The van der Waals surface area contributed by atoms with Gasteiger partial charge < -0.3 is 15.3 Å². The highest BCUT2D eigenvalue weighted by Crippen LogP contribution is 2.24. The first-order valence-electron chi connectivity index (χ1n) is 3.99. The first-order valence-corrected chi connectivity index (χ1v) is 3.99. The molecular formula is C10H8N3-. The third-order valence-electron chi connectivity index (χ3n) is 1.54. The second-order valence-corrected chi connectivity index (χ2v) is 2.50. The summed E-state index contributed by atoms with van der Waals surface area (Å²) in [5.41, 5.74) is 0.869. The van der Waals surface area contributed by atoms with Crippen molar-refractivity contribution in [1.29, 1.82) is 0 Å². The lowest BCUT2D eigenvalue weighted by Crippen LogP contribution is -1.77. The molecule has 0 aliphatic carbocycles. The molecule has 0 saturated carbocycles. The molecule has 1 aromatic carbocycles. The molecule has 2 aromatic rings. The van der Waals surface area contributed by atoms with Crippen LogP contribution in [0.3, 0.4) is 0 Å². The van der Waals surface area contributed by atoms with Gasteiger partial charge in [0, 0.05) is 5.95 Å². The fourth-order valence-corrected chi connectivity index (χ4v) is 0.967. The lowest BCUT2D eigenvalue weighted by atomic mass is 10.3. The molecule has 3 heteroatoms. The minimum absolute atomic E-state index is 0.494. The Kier molecular flexibility index (Phi) is 2.18. The molecule has 0 saturated heterocycles. The smallest absolute Gasteiger partial charge is 0.0278 e.